The van der Waals surface area contributed by atoms with Gasteiger partial charge >= 0.3 is 18.2 Å². The lowest BCUT2D eigenvalue weighted by Gasteiger charge is -2.37. The number of amides is 4. The van der Waals surface area contributed by atoms with Crippen LogP contribution in [0.1, 0.15) is 174 Å². The molecule has 0 aromatic heterocycles. The number of para-hydroxylation sites is 3. The van der Waals surface area contributed by atoms with Gasteiger partial charge in [-0.3, -0.25) is 14.0 Å². The van der Waals surface area contributed by atoms with Crippen LogP contribution in [0, 0.1) is 110 Å². The summed E-state index contributed by atoms with van der Waals surface area (Å²) in [5.41, 5.74) is 16.0. The molecular formula is C109H134F4N16O11S3. The SMILES string of the molecule is CC(C)(C)OC(=O)N=[S@@](C)(=O)c1c(F)cccc1N1CCNCC1.Cc1cc(C)c(C(=O)N2CCN(c3cccc(F)c3[S@@](C)(=N)=O)CC2)cc1CC1CCN(c2ccccc2C#N)CC1.Cc1cc(C)c(C(=O)N2CCN(c3cccc(F)c3[S@](C)(=O)=NC(=O)OC(C)(C)C)CC2)cc1CC1CCN(c2ccccc2C#N)CC1.Cc1cc(C)c(C(=O)O)cc1NC1CCN(c2ccccc2C#N)CC1.[2H]CF. The predicted octanol–water partition coefficient (Wildman–Crippen LogP) is 20.1. The fraction of sp³-hybridized carbons (Fsp3) is 0.431. The number of carboxylic acids is 1. The van der Waals surface area contributed by atoms with Gasteiger partial charge in [-0.2, -0.15) is 15.8 Å². The van der Waals surface area contributed by atoms with E-state index in [0.717, 1.165) is 154 Å². The van der Waals surface area contributed by atoms with Crippen molar-refractivity contribution in [2.75, 3.05) is 178 Å². The summed E-state index contributed by atoms with van der Waals surface area (Å²) in [6, 6.07) is 55.9. The number of anilines is 7. The average molecular weight is 2020 g/mol. The second-order valence-electron chi connectivity index (χ2n) is 39.2. The molecule has 0 spiro atoms. The third kappa shape index (κ3) is 28.9. The number of hydrogen-bond donors (Lipinski definition) is 4. The van der Waals surface area contributed by atoms with Gasteiger partial charge in [-0.15, -0.1) is 8.73 Å². The normalized spacial score (nSPS) is 16.8. The summed E-state index contributed by atoms with van der Waals surface area (Å²) >= 11 is 0. The Balaban J connectivity index is 0.000000188. The number of halogens is 4. The Hall–Kier alpha value is -13.1. The fourth-order valence-corrected chi connectivity index (χ4v) is 23.1. The zero-order valence-corrected chi connectivity index (χ0v) is 86.9. The van der Waals surface area contributed by atoms with Crippen molar-refractivity contribution in [1.82, 2.24) is 15.1 Å². The second-order valence-corrected chi connectivity index (χ2v) is 45.7. The van der Waals surface area contributed by atoms with E-state index in [-0.39, 0.29) is 26.5 Å². The molecule has 9 aromatic carbocycles. The van der Waals surface area contributed by atoms with E-state index in [0.29, 0.717) is 128 Å². The number of nitrogens with one attached hydrogen (secondary N) is 3. The molecule has 3 atom stereocenters. The van der Waals surface area contributed by atoms with Gasteiger partial charge in [0.05, 0.1) is 94.1 Å². The average Bonchev–Trinajstić information content (AvgIpc) is 0.778. The number of piperazine rings is 3. The number of rotatable bonds is 18. The standard InChI is InChI=1S/C38H46FN5O4S.C33H38FN5O2S.C21H23N3O2.C16H24FN3O3S.CH3F/c1-26-22-27(2)31(24-30(26)23-28-14-16-42(17-15-28)33-12-8-7-10-29(33)25-40)36(45)44-20-18-43(19-21-44)34-13-9-11-32(39)35(34)49(6,47)41-37(46)48-38(3,4)5;1-23-19-24(2)28(21-27(23)20-25-11-13-37(14-12-25)30-9-5-4-7-26(30)22-35)33(40)39-17-15-38(16-18-39)31-10-6-8-29(34)32(31)42(3,36)41;1-14-11-15(2)19(12-18(14)21(25)26)23-17-7-9-24(10-8-17)20-6-4-3-5-16(20)13-22;1-16(2,3)23-15(21)19-24(4,22)14-12(17)6-5-7-13(14)20-10-8-18-9-11-20;1-2/h7-13,22,24,28H,14-21,23H2,1-6H3;4-10,19,21,25,36H,11-18,20H2,1-3H3;3-6,11-12,17,23H,7-10H2,1-2H3,(H,25,26);5-7,18H,8-11H2,1-4H3;1H3/t49-;42-;;24-;/m00.0./s1/i;;;;1D. The maximum Gasteiger partial charge on any atom is 0.442 e. The number of piperidine rings is 3. The summed E-state index contributed by atoms with van der Waals surface area (Å²) in [5, 5.41) is 44.4. The van der Waals surface area contributed by atoms with Crippen LogP contribution in [0.5, 0.6) is 0 Å². The highest BCUT2D eigenvalue weighted by Crippen LogP contribution is 2.39. The summed E-state index contributed by atoms with van der Waals surface area (Å²) in [6.07, 6.45) is 9.55. The van der Waals surface area contributed by atoms with Gasteiger partial charge in [-0.1, -0.05) is 72.8 Å². The minimum absolute atomic E-state index is 0.00410. The molecule has 34 heteroatoms. The first-order valence-corrected chi connectivity index (χ1v) is 54.0. The Morgan fingerprint density at radius 1 is 0.441 bits per heavy atom. The van der Waals surface area contributed by atoms with Crippen molar-refractivity contribution in [1.29, 1.82) is 20.6 Å². The third-order valence-electron chi connectivity index (χ3n) is 26.4. The summed E-state index contributed by atoms with van der Waals surface area (Å²) in [6.45, 7) is 33.7. The van der Waals surface area contributed by atoms with Crippen molar-refractivity contribution in [3.8, 4) is 18.2 Å². The predicted molar refractivity (Wildman–Crippen MR) is 559 cm³/mol. The number of alkyl halides is 1. The van der Waals surface area contributed by atoms with Gasteiger partial charge in [0.2, 0.25) is 0 Å². The van der Waals surface area contributed by atoms with E-state index in [1.54, 1.807) is 84.0 Å². The Bertz CT molecular complexity index is 6670. The van der Waals surface area contributed by atoms with E-state index in [1.807, 2.05) is 131 Å². The van der Waals surface area contributed by atoms with Crippen molar-refractivity contribution in [2.45, 2.75) is 166 Å². The summed E-state index contributed by atoms with van der Waals surface area (Å²) in [4.78, 5) is 79.3. The van der Waals surface area contributed by atoms with Gasteiger partial charge in [-0.25, -0.2) is 45.0 Å². The molecule has 15 rings (SSSR count). The number of ether oxygens (including phenoxy) is 2. The van der Waals surface area contributed by atoms with Crippen molar-refractivity contribution in [3.05, 3.63) is 259 Å². The van der Waals surface area contributed by atoms with Crippen molar-refractivity contribution < 1.29 is 70.1 Å². The molecule has 143 heavy (non-hydrogen) atoms. The molecular weight excluding hydrogens is 1880 g/mol. The molecule has 4 amide bonds. The topological polar surface area (TPSA) is 345 Å². The Labute approximate surface area is 842 Å². The molecule has 0 bridgehead atoms. The third-order valence-corrected chi connectivity index (χ3v) is 30.9. The van der Waals surface area contributed by atoms with Crippen LogP contribution in [0.15, 0.2) is 187 Å². The Morgan fingerprint density at radius 2 is 0.748 bits per heavy atom. The lowest BCUT2D eigenvalue weighted by atomic mass is 9.86. The van der Waals surface area contributed by atoms with Crippen LogP contribution in [0.25, 0.3) is 0 Å². The fourth-order valence-electron chi connectivity index (χ4n) is 19.2. The Kier molecular flexibility index (Phi) is 37.1. The molecule has 27 nitrogen and oxygen atoms in total. The number of carbonyl (C=O) groups excluding carboxylic acids is 4. The largest absolute Gasteiger partial charge is 0.478 e. The molecule has 6 fully saturated rings. The van der Waals surface area contributed by atoms with Gasteiger partial charge in [-0.05, 0) is 282 Å². The first-order chi connectivity index (χ1) is 68.2. The van der Waals surface area contributed by atoms with E-state index in [9.17, 15) is 70.7 Å². The van der Waals surface area contributed by atoms with Crippen LogP contribution in [0.4, 0.5) is 67.0 Å². The number of nitriles is 3. The van der Waals surface area contributed by atoms with Crippen LogP contribution in [0.2, 0.25) is 0 Å². The smallest absolute Gasteiger partial charge is 0.442 e. The zero-order valence-electron chi connectivity index (χ0n) is 85.5. The van der Waals surface area contributed by atoms with Gasteiger partial charge in [0.25, 0.3) is 11.8 Å². The van der Waals surface area contributed by atoms with Crippen LogP contribution >= 0.6 is 0 Å². The zero-order chi connectivity index (χ0) is 105. The minimum atomic E-state index is -3.48. The quantitative estimate of drug-likeness (QED) is 0.0580. The highest BCUT2D eigenvalue weighted by Gasteiger charge is 2.35. The van der Waals surface area contributed by atoms with Crippen molar-refractivity contribution in [3.63, 3.8) is 0 Å². The first kappa shape index (κ1) is 109. The number of nitrogens with zero attached hydrogens (tertiary/aromatic N) is 13. The molecule has 6 aliphatic rings. The number of carboxylic acid groups (broad SMARTS) is 1. The van der Waals surface area contributed by atoms with Gasteiger partial charge in [0.15, 0.2) is 0 Å². The van der Waals surface area contributed by atoms with E-state index in [1.165, 1.54) is 59.2 Å². The molecule has 6 heterocycles. The second kappa shape index (κ2) is 48.8. The number of hydrogen-bond acceptors (Lipinski definition) is 22. The first-order valence-electron chi connectivity index (χ1n) is 48.9. The van der Waals surface area contributed by atoms with Crippen molar-refractivity contribution in [2.24, 2.45) is 20.6 Å². The van der Waals surface area contributed by atoms with E-state index >= 15 is 4.39 Å². The molecule has 0 unspecified atom stereocenters. The van der Waals surface area contributed by atoms with Gasteiger partial charge in [0.1, 0.15) is 61.5 Å². The number of aryl methyl sites for hydroxylation is 6. The molecule has 0 radical (unpaired) electrons. The highest BCUT2D eigenvalue weighted by molar-refractivity contribution is 7.93. The summed E-state index contributed by atoms with van der Waals surface area (Å²) < 4.78 is 125. The summed E-state index contributed by atoms with van der Waals surface area (Å²) in [5.74, 6) is -1.93. The van der Waals surface area contributed by atoms with E-state index in [2.05, 4.69) is 90.4 Å². The molecule has 0 aliphatic carbocycles. The number of aromatic carboxylic acids is 1. The van der Waals surface area contributed by atoms with Gasteiger partial charge < -0.3 is 64.4 Å². The maximum atomic E-state index is 15.2. The highest BCUT2D eigenvalue weighted by atomic mass is 32.2. The van der Waals surface area contributed by atoms with Crippen LogP contribution in [-0.4, -0.2) is 218 Å². The molecule has 6 aliphatic heterocycles. The monoisotopic (exact) mass is 2020 g/mol. The summed E-state index contributed by atoms with van der Waals surface area (Å²) in [7, 11) is -11.0. The van der Waals surface area contributed by atoms with E-state index in [4.69, 9.17) is 15.6 Å². The maximum absolute atomic E-state index is 15.2. The number of benzene rings is 9. The van der Waals surface area contributed by atoms with Gasteiger partial charge in [0, 0.05) is 159 Å². The van der Waals surface area contributed by atoms with Crippen molar-refractivity contribution >= 4 is 99.0 Å². The van der Waals surface area contributed by atoms with Crippen LogP contribution in [-0.2, 0) is 51.5 Å². The van der Waals surface area contributed by atoms with E-state index < -0.39 is 83.2 Å². The molecule has 0 saturated carbocycles. The lowest BCUT2D eigenvalue weighted by Crippen LogP contribution is -2.49. The lowest BCUT2D eigenvalue weighted by molar-refractivity contribution is 0.0595. The number of carbonyl (C=O) groups is 5. The van der Waals surface area contributed by atoms with Crippen LogP contribution < -0.4 is 40.0 Å². The molecule has 4 N–H and O–H groups in total. The molecule has 9 aromatic rings. The molecule has 6 saturated heterocycles. The minimum Gasteiger partial charge on any atom is -0.478 e. The molecule has 762 valence electrons. The van der Waals surface area contributed by atoms with Crippen LogP contribution in [0.3, 0.4) is 0 Å². The Morgan fingerprint density at radius 3 is 1.09 bits per heavy atom.